The zero-order valence-electron chi connectivity index (χ0n) is 11.4. The average Bonchev–Trinajstić information content (AvgIpc) is 1.75. The van der Waals surface area contributed by atoms with Gasteiger partial charge in [0.05, 0.1) is 0 Å². The number of hydrogen-bond acceptors (Lipinski definition) is 1. The molecule has 0 amide bonds. The van der Waals surface area contributed by atoms with Crippen LogP contribution in [0.15, 0.2) is 0 Å². The van der Waals surface area contributed by atoms with E-state index in [2.05, 4.69) is 37.6 Å². The van der Waals surface area contributed by atoms with E-state index in [0.29, 0.717) is 0 Å². The molecule has 0 aliphatic heterocycles. The second-order valence-electron chi connectivity index (χ2n) is 5.88. The summed E-state index contributed by atoms with van der Waals surface area (Å²) in [5, 5.41) is 7.42. The molecule has 0 heterocycles. The Bertz CT molecular complexity index is 158. The van der Waals surface area contributed by atoms with Crippen molar-refractivity contribution in [2.45, 2.75) is 53.4 Å². The Labute approximate surface area is 99.3 Å². The fourth-order valence-corrected chi connectivity index (χ4v) is 15.4. The molecule has 0 saturated carbocycles. The minimum absolute atomic E-state index is 0.833. The van der Waals surface area contributed by atoms with E-state index >= 15 is 0 Å². The molecule has 0 saturated heterocycles. The first-order valence-corrected chi connectivity index (χ1v) is 15.5. The van der Waals surface area contributed by atoms with Crippen LogP contribution >= 0.6 is 0 Å². The summed E-state index contributed by atoms with van der Waals surface area (Å²) in [5.74, 6) is 1.03. The van der Waals surface area contributed by atoms with Crippen LogP contribution < -0.4 is 0 Å². The molecule has 2 nitrogen and oxygen atoms in total. The molecular formula is C12H28O2Sn. The van der Waals surface area contributed by atoms with Crippen molar-refractivity contribution in [2.75, 3.05) is 0 Å². The van der Waals surface area contributed by atoms with E-state index in [9.17, 15) is 0 Å². The molecule has 0 atom stereocenters. The molecule has 0 spiro atoms. The van der Waals surface area contributed by atoms with E-state index in [1.54, 1.807) is 8.87 Å². The fraction of sp³-hybridized carbons (Fsp3) is 0.917. The first-order chi connectivity index (χ1) is 6.57. The Morgan fingerprint density at radius 2 is 1.27 bits per heavy atom. The molecule has 0 aliphatic carbocycles. The van der Waals surface area contributed by atoms with Gasteiger partial charge in [-0.1, -0.05) is 0 Å². The fourth-order valence-electron chi connectivity index (χ4n) is 2.29. The predicted molar refractivity (Wildman–Crippen MR) is 70.1 cm³/mol. The molecule has 0 aliphatic rings. The zero-order chi connectivity index (χ0) is 12.6. The molecule has 3 heteroatoms. The standard InChI is InChI=1S/2C4H9.C2H4O2.2CH3.Sn/c2*1-4(2)3;1-2(3)4;;;/h2*4H,1H2,2-3H3;1H3,(H,3,4);2*1H3;. The van der Waals surface area contributed by atoms with Gasteiger partial charge in [-0.25, -0.2) is 0 Å². The van der Waals surface area contributed by atoms with Gasteiger partial charge in [0.2, 0.25) is 0 Å². The topological polar surface area (TPSA) is 37.3 Å². The molecule has 1 N–H and O–H groups in total. The van der Waals surface area contributed by atoms with Crippen LogP contribution in [-0.2, 0) is 4.79 Å². The van der Waals surface area contributed by atoms with Gasteiger partial charge in [0.15, 0.2) is 0 Å². The summed E-state index contributed by atoms with van der Waals surface area (Å²) >= 11 is -1.53. The predicted octanol–water partition coefficient (Wildman–Crippen LogP) is 4.10. The van der Waals surface area contributed by atoms with Crippen LogP contribution in [0.4, 0.5) is 0 Å². The van der Waals surface area contributed by atoms with Gasteiger partial charge in [0.1, 0.15) is 0 Å². The van der Waals surface area contributed by atoms with E-state index in [1.807, 2.05) is 0 Å². The number of carboxylic acids is 1. The van der Waals surface area contributed by atoms with Crippen molar-refractivity contribution < 1.29 is 9.90 Å². The Hall–Kier alpha value is 0.269. The monoisotopic (exact) mass is 324 g/mol. The summed E-state index contributed by atoms with van der Waals surface area (Å²) in [5.41, 5.74) is 0. The Balaban J connectivity index is 0. The van der Waals surface area contributed by atoms with E-state index in [4.69, 9.17) is 9.90 Å². The van der Waals surface area contributed by atoms with E-state index in [-0.39, 0.29) is 0 Å². The van der Waals surface area contributed by atoms with Crippen molar-refractivity contribution >= 4 is 24.3 Å². The van der Waals surface area contributed by atoms with E-state index < -0.39 is 24.3 Å². The number of rotatable bonds is 4. The summed E-state index contributed by atoms with van der Waals surface area (Å²) in [7, 11) is 0. The number of hydrogen-bond donors (Lipinski definition) is 1. The summed E-state index contributed by atoms with van der Waals surface area (Å²) in [6, 6.07) is 0. The van der Waals surface area contributed by atoms with Crippen LogP contribution in [0.1, 0.15) is 34.6 Å². The Morgan fingerprint density at radius 1 is 1.07 bits per heavy atom. The number of aliphatic carboxylic acids is 1. The molecule has 0 fully saturated rings. The minimum atomic E-state index is -1.53. The van der Waals surface area contributed by atoms with Crippen LogP contribution in [0.25, 0.3) is 0 Å². The van der Waals surface area contributed by atoms with Crippen LogP contribution in [0.3, 0.4) is 0 Å². The quantitative estimate of drug-likeness (QED) is 0.791. The van der Waals surface area contributed by atoms with Gasteiger partial charge in [0.25, 0.3) is 5.97 Å². The zero-order valence-corrected chi connectivity index (χ0v) is 14.3. The molecule has 0 aromatic heterocycles. The van der Waals surface area contributed by atoms with Crippen molar-refractivity contribution in [3.8, 4) is 0 Å². The second-order valence-corrected chi connectivity index (χ2v) is 20.6. The molecule has 0 unspecified atom stereocenters. The van der Waals surface area contributed by atoms with Crippen molar-refractivity contribution in [3.63, 3.8) is 0 Å². The summed E-state index contributed by atoms with van der Waals surface area (Å²) in [6.07, 6.45) is 0. The number of carboxylic acid groups (broad SMARTS) is 1. The molecule has 0 aromatic carbocycles. The van der Waals surface area contributed by atoms with Crippen molar-refractivity contribution in [2.24, 2.45) is 11.8 Å². The van der Waals surface area contributed by atoms with Crippen molar-refractivity contribution in [3.05, 3.63) is 0 Å². The first-order valence-electron chi connectivity index (χ1n) is 5.76. The summed E-state index contributed by atoms with van der Waals surface area (Å²) in [6.45, 7) is 10.5. The van der Waals surface area contributed by atoms with Gasteiger partial charge >= 0.3 is 76.7 Å². The van der Waals surface area contributed by atoms with Gasteiger partial charge in [-0.15, -0.1) is 0 Å². The third-order valence-electron chi connectivity index (χ3n) is 1.92. The molecule has 92 valence electrons. The maximum absolute atomic E-state index is 9.00. The first kappa shape index (κ1) is 17.7. The number of carbonyl (C=O) groups is 1. The van der Waals surface area contributed by atoms with Crippen LogP contribution in [0, 0.1) is 11.8 Å². The maximum atomic E-state index is 9.00. The van der Waals surface area contributed by atoms with E-state index in [1.165, 1.54) is 0 Å². The normalized spacial score (nSPS) is 11.3. The van der Waals surface area contributed by atoms with Gasteiger partial charge in [-0.3, -0.25) is 4.79 Å². The summed E-state index contributed by atoms with van der Waals surface area (Å²) in [4.78, 5) is 14.2. The SMILES string of the molecule is CC(=O)O.CC(C)[CH2][Sn]([CH3])([CH3])[CH2]C(C)C. The van der Waals surface area contributed by atoms with Crippen LogP contribution in [0.5, 0.6) is 0 Å². The average molecular weight is 323 g/mol. The van der Waals surface area contributed by atoms with Gasteiger partial charge in [0, 0.05) is 6.92 Å². The van der Waals surface area contributed by atoms with E-state index in [0.717, 1.165) is 18.8 Å². The van der Waals surface area contributed by atoms with Crippen molar-refractivity contribution in [1.82, 2.24) is 0 Å². The van der Waals surface area contributed by atoms with Gasteiger partial charge < -0.3 is 5.11 Å². The van der Waals surface area contributed by atoms with Gasteiger partial charge in [-0.2, -0.15) is 0 Å². The third kappa shape index (κ3) is 20.4. The molecular weight excluding hydrogens is 295 g/mol. The summed E-state index contributed by atoms with van der Waals surface area (Å²) < 4.78 is 3.12. The Morgan fingerprint density at radius 3 is 1.40 bits per heavy atom. The molecule has 0 rings (SSSR count). The third-order valence-corrected chi connectivity index (χ3v) is 12.9. The molecule has 0 bridgehead atoms. The molecule has 15 heavy (non-hydrogen) atoms. The van der Waals surface area contributed by atoms with Gasteiger partial charge in [-0.05, 0) is 0 Å². The molecule has 0 radical (unpaired) electrons. The second kappa shape index (κ2) is 8.42. The van der Waals surface area contributed by atoms with Crippen molar-refractivity contribution in [1.29, 1.82) is 0 Å². The van der Waals surface area contributed by atoms with Crippen LogP contribution in [-0.4, -0.2) is 29.5 Å². The Kier molecular flexibility index (Phi) is 9.92. The molecule has 0 aromatic rings. The van der Waals surface area contributed by atoms with Crippen LogP contribution in [0.2, 0.25) is 18.8 Å².